The van der Waals surface area contributed by atoms with Crippen molar-refractivity contribution in [1.29, 1.82) is 0 Å². The van der Waals surface area contributed by atoms with Crippen molar-refractivity contribution in [3.63, 3.8) is 0 Å². The Morgan fingerprint density at radius 1 is 0.962 bits per heavy atom. The third-order valence-corrected chi connectivity index (χ3v) is 5.23. The highest BCUT2D eigenvalue weighted by molar-refractivity contribution is 6.30. The van der Waals surface area contributed by atoms with E-state index in [9.17, 15) is 4.79 Å². The van der Waals surface area contributed by atoms with E-state index in [1.807, 2.05) is 37.3 Å². The van der Waals surface area contributed by atoms with Crippen LogP contribution in [0, 0.1) is 6.92 Å². The van der Waals surface area contributed by atoms with Gasteiger partial charge >= 0.3 is 0 Å². The number of fused-ring (bicyclic) bond motifs is 1. The van der Waals surface area contributed by atoms with Crippen LogP contribution in [-0.4, -0.2) is 47.7 Å². The van der Waals surface area contributed by atoms with Crippen LogP contribution < -0.4 is 10.5 Å². The van der Waals surface area contributed by atoms with E-state index in [0.717, 1.165) is 43.1 Å². The fourth-order valence-electron chi connectivity index (χ4n) is 3.44. The molecule has 6 heteroatoms. The maximum Gasteiger partial charge on any atom is 0.265 e. The SMILES string of the molecule is Cc1nc2cc(N3CCN(C)CC3)ccc2c(=O)n1-c1ccc(Cl)cc1. The van der Waals surface area contributed by atoms with Gasteiger partial charge in [-0.15, -0.1) is 0 Å². The number of halogens is 1. The minimum Gasteiger partial charge on any atom is -0.369 e. The number of hydrogen-bond donors (Lipinski definition) is 0. The van der Waals surface area contributed by atoms with Crippen LogP contribution in [0.1, 0.15) is 5.82 Å². The minimum atomic E-state index is -0.0558. The van der Waals surface area contributed by atoms with Crippen LogP contribution in [0.4, 0.5) is 5.69 Å². The summed E-state index contributed by atoms with van der Waals surface area (Å²) in [5.74, 6) is 0.667. The number of likely N-dealkylation sites (N-methyl/N-ethyl adjacent to an activating group) is 1. The second-order valence-electron chi connectivity index (χ2n) is 6.77. The molecule has 1 aromatic heterocycles. The van der Waals surface area contributed by atoms with Gasteiger partial charge in [0.15, 0.2) is 0 Å². The summed E-state index contributed by atoms with van der Waals surface area (Å²) in [6.45, 7) is 5.93. The van der Waals surface area contributed by atoms with E-state index in [1.54, 1.807) is 16.7 Å². The molecule has 0 radical (unpaired) electrons. The largest absolute Gasteiger partial charge is 0.369 e. The molecular formula is C20H21ClN4O. The van der Waals surface area contributed by atoms with Crippen LogP contribution in [0.5, 0.6) is 0 Å². The number of nitrogens with zero attached hydrogens (tertiary/aromatic N) is 4. The lowest BCUT2D eigenvalue weighted by atomic mass is 10.2. The van der Waals surface area contributed by atoms with E-state index in [4.69, 9.17) is 16.6 Å². The van der Waals surface area contributed by atoms with Gasteiger partial charge < -0.3 is 9.80 Å². The molecule has 0 N–H and O–H groups in total. The summed E-state index contributed by atoms with van der Waals surface area (Å²) in [5, 5.41) is 1.27. The number of aryl methyl sites for hydroxylation is 1. The van der Waals surface area contributed by atoms with Gasteiger partial charge in [-0.3, -0.25) is 9.36 Å². The van der Waals surface area contributed by atoms with Gasteiger partial charge in [-0.1, -0.05) is 11.6 Å². The molecule has 0 saturated carbocycles. The van der Waals surface area contributed by atoms with Crippen molar-refractivity contribution in [3.8, 4) is 5.69 Å². The topological polar surface area (TPSA) is 41.4 Å². The molecule has 5 nitrogen and oxygen atoms in total. The Morgan fingerprint density at radius 3 is 2.31 bits per heavy atom. The molecule has 0 bridgehead atoms. The zero-order valence-electron chi connectivity index (χ0n) is 14.9. The number of piperazine rings is 1. The third kappa shape index (κ3) is 3.08. The molecule has 0 spiro atoms. The van der Waals surface area contributed by atoms with Crippen molar-refractivity contribution in [2.75, 3.05) is 38.1 Å². The molecule has 134 valence electrons. The lowest BCUT2D eigenvalue weighted by Gasteiger charge is -2.34. The summed E-state index contributed by atoms with van der Waals surface area (Å²) in [6, 6.07) is 13.2. The predicted molar refractivity (Wildman–Crippen MR) is 107 cm³/mol. The summed E-state index contributed by atoms with van der Waals surface area (Å²) < 4.78 is 1.63. The van der Waals surface area contributed by atoms with E-state index in [2.05, 4.69) is 16.8 Å². The molecular weight excluding hydrogens is 348 g/mol. The zero-order valence-corrected chi connectivity index (χ0v) is 15.7. The van der Waals surface area contributed by atoms with Crippen LogP contribution >= 0.6 is 11.6 Å². The summed E-state index contributed by atoms with van der Waals surface area (Å²) in [6.07, 6.45) is 0. The Bertz CT molecular complexity index is 1000. The van der Waals surface area contributed by atoms with E-state index >= 15 is 0 Å². The number of anilines is 1. The second kappa shape index (κ2) is 6.74. The number of aromatic nitrogens is 2. The van der Waals surface area contributed by atoms with Crippen LogP contribution in [0.15, 0.2) is 47.3 Å². The van der Waals surface area contributed by atoms with Crippen LogP contribution in [-0.2, 0) is 0 Å². The highest BCUT2D eigenvalue weighted by atomic mass is 35.5. The molecule has 1 saturated heterocycles. The third-order valence-electron chi connectivity index (χ3n) is 4.97. The first-order valence-corrected chi connectivity index (χ1v) is 9.13. The molecule has 2 heterocycles. The fourth-order valence-corrected chi connectivity index (χ4v) is 3.57. The minimum absolute atomic E-state index is 0.0558. The maximum atomic E-state index is 13.0. The van der Waals surface area contributed by atoms with Crippen LogP contribution in [0.25, 0.3) is 16.6 Å². The van der Waals surface area contributed by atoms with Gasteiger partial charge in [-0.2, -0.15) is 0 Å². The average molecular weight is 369 g/mol. The van der Waals surface area contributed by atoms with Crippen molar-refractivity contribution < 1.29 is 0 Å². The van der Waals surface area contributed by atoms with Crippen molar-refractivity contribution in [2.24, 2.45) is 0 Å². The molecule has 0 aliphatic carbocycles. The van der Waals surface area contributed by atoms with Gasteiger partial charge in [0.25, 0.3) is 5.56 Å². The number of rotatable bonds is 2. The Labute approximate surface area is 157 Å². The van der Waals surface area contributed by atoms with E-state index < -0.39 is 0 Å². The second-order valence-corrected chi connectivity index (χ2v) is 7.20. The van der Waals surface area contributed by atoms with Gasteiger partial charge in [0.2, 0.25) is 0 Å². The highest BCUT2D eigenvalue weighted by Crippen LogP contribution is 2.22. The van der Waals surface area contributed by atoms with Gasteiger partial charge in [0.05, 0.1) is 16.6 Å². The van der Waals surface area contributed by atoms with Crippen molar-refractivity contribution in [1.82, 2.24) is 14.5 Å². The molecule has 2 aromatic carbocycles. The predicted octanol–water partition coefficient (Wildman–Crippen LogP) is 3.10. The van der Waals surface area contributed by atoms with Crippen LogP contribution in [0.3, 0.4) is 0 Å². The fraction of sp³-hybridized carbons (Fsp3) is 0.300. The van der Waals surface area contributed by atoms with Crippen molar-refractivity contribution in [3.05, 3.63) is 63.7 Å². The van der Waals surface area contributed by atoms with Gasteiger partial charge in [-0.05, 0) is 56.4 Å². The van der Waals surface area contributed by atoms with Gasteiger partial charge in [0, 0.05) is 36.9 Å². The van der Waals surface area contributed by atoms with E-state index in [0.29, 0.717) is 16.2 Å². The Balaban J connectivity index is 1.78. The molecule has 1 aliphatic heterocycles. The molecule has 1 aliphatic rings. The molecule has 4 rings (SSSR count). The summed E-state index contributed by atoms with van der Waals surface area (Å²) >= 11 is 5.96. The molecule has 0 atom stereocenters. The lowest BCUT2D eigenvalue weighted by molar-refractivity contribution is 0.313. The van der Waals surface area contributed by atoms with E-state index in [1.165, 1.54) is 0 Å². The summed E-state index contributed by atoms with van der Waals surface area (Å²) in [5.41, 5.74) is 2.59. The molecule has 0 amide bonds. The lowest BCUT2D eigenvalue weighted by Crippen LogP contribution is -2.44. The van der Waals surface area contributed by atoms with Crippen molar-refractivity contribution in [2.45, 2.75) is 6.92 Å². The Kier molecular flexibility index (Phi) is 4.42. The molecule has 26 heavy (non-hydrogen) atoms. The Hall–Kier alpha value is -2.37. The van der Waals surface area contributed by atoms with Crippen LogP contribution in [0.2, 0.25) is 5.02 Å². The first-order chi connectivity index (χ1) is 12.5. The molecule has 0 unspecified atom stereocenters. The quantitative estimate of drug-likeness (QED) is 0.697. The summed E-state index contributed by atoms with van der Waals surface area (Å²) in [4.78, 5) is 22.4. The average Bonchev–Trinajstić information content (AvgIpc) is 2.63. The Morgan fingerprint density at radius 2 is 1.62 bits per heavy atom. The normalized spacial score (nSPS) is 15.6. The van der Waals surface area contributed by atoms with Gasteiger partial charge in [-0.25, -0.2) is 4.98 Å². The first-order valence-electron chi connectivity index (χ1n) is 8.76. The van der Waals surface area contributed by atoms with E-state index in [-0.39, 0.29) is 5.56 Å². The smallest absolute Gasteiger partial charge is 0.265 e. The molecule has 1 fully saturated rings. The van der Waals surface area contributed by atoms with Crippen molar-refractivity contribution >= 4 is 28.2 Å². The number of hydrogen-bond acceptors (Lipinski definition) is 4. The highest BCUT2D eigenvalue weighted by Gasteiger charge is 2.16. The first kappa shape index (κ1) is 17.1. The zero-order chi connectivity index (χ0) is 18.3. The number of benzene rings is 2. The standard InChI is InChI=1S/C20H21ClN4O/c1-14-22-19-13-17(24-11-9-23(2)10-12-24)7-8-18(19)20(26)25(14)16-5-3-15(21)4-6-16/h3-8,13H,9-12H2,1-2H3. The molecule has 3 aromatic rings. The maximum absolute atomic E-state index is 13.0. The summed E-state index contributed by atoms with van der Waals surface area (Å²) in [7, 11) is 2.14. The monoisotopic (exact) mass is 368 g/mol. The van der Waals surface area contributed by atoms with Gasteiger partial charge in [0.1, 0.15) is 5.82 Å².